The molecule has 4 rings (SSSR count). The average Bonchev–Trinajstić information content (AvgIpc) is 3.02. The van der Waals surface area contributed by atoms with Crippen molar-refractivity contribution in [1.29, 1.82) is 0 Å². The van der Waals surface area contributed by atoms with Crippen molar-refractivity contribution in [3.63, 3.8) is 0 Å². The van der Waals surface area contributed by atoms with E-state index >= 15 is 0 Å². The maximum atomic E-state index is 14.0. The first-order valence-corrected chi connectivity index (χ1v) is 17.9. The normalized spacial score (nSPS) is 12.8. The largest absolute Gasteiger partial charge is 0.573 e. The molecule has 2 amide bonds. The molecule has 270 valence electrons. The molecule has 4 aromatic rings. The SMILES string of the molecule is CC(C)(C)/C=C/c1ccc(C(Cc2ccc(C(=O)NCCS(=O)(=O)O)cc2)C(=O)Nc2ccc(-c3ccc(Cl)cc3Cl)cc2OC(F)(F)F)cc1. The summed E-state index contributed by atoms with van der Waals surface area (Å²) in [6, 6.07) is 21.9. The molecule has 0 aliphatic rings. The van der Waals surface area contributed by atoms with Crippen LogP contribution in [-0.4, -0.2) is 43.4 Å². The van der Waals surface area contributed by atoms with Gasteiger partial charge in [0.15, 0.2) is 5.75 Å². The number of alkyl halides is 3. The molecule has 1 unspecified atom stereocenters. The number of benzene rings is 4. The maximum absolute atomic E-state index is 14.0. The van der Waals surface area contributed by atoms with Gasteiger partial charge in [0.05, 0.1) is 17.4 Å². The summed E-state index contributed by atoms with van der Waals surface area (Å²) in [5.74, 6) is -3.39. The molecular weight excluding hydrogens is 728 g/mol. The molecule has 0 aromatic heterocycles. The van der Waals surface area contributed by atoms with Crippen molar-refractivity contribution in [2.24, 2.45) is 5.41 Å². The van der Waals surface area contributed by atoms with Crippen molar-refractivity contribution in [2.75, 3.05) is 17.6 Å². The molecule has 0 spiro atoms. The molecule has 0 saturated carbocycles. The molecule has 0 radical (unpaired) electrons. The van der Waals surface area contributed by atoms with E-state index in [4.69, 9.17) is 27.8 Å². The second kappa shape index (κ2) is 16.3. The number of anilines is 1. The third-order valence-corrected chi connectivity index (χ3v) is 8.71. The van der Waals surface area contributed by atoms with Crippen molar-refractivity contribution in [2.45, 2.75) is 39.5 Å². The summed E-state index contributed by atoms with van der Waals surface area (Å²) >= 11 is 12.3. The van der Waals surface area contributed by atoms with Crippen LogP contribution in [0.15, 0.2) is 91.0 Å². The van der Waals surface area contributed by atoms with Gasteiger partial charge in [-0.25, -0.2) is 0 Å². The van der Waals surface area contributed by atoms with Crippen LogP contribution in [0.3, 0.4) is 0 Å². The van der Waals surface area contributed by atoms with Gasteiger partial charge in [-0.15, -0.1) is 13.2 Å². The van der Waals surface area contributed by atoms with Gasteiger partial charge < -0.3 is 15.4 Å². The molecule has 0 heterocycles. The van der Waals surface area contributed by atoms with Crippen molar-refractivity contribution in [3.05, 3.63) is 123 Å². The lowest BCUT2D eigenvalue weighted by Crippen LogP contribution is -2.28. The molecule has 0 aliphatic heterocycles. The topological polar surface area (TPSA) is 122 Å². The molecule has 14 heteroatoms. The molecule has 4 aromatic carbocycles. The number of hydrogen-bond donors (Lipinski definition) is 3. The number of amides is 2. The van der Waals surface area contributed by atoms with Gasteiger partial charge in [-0.1, -0.05) is 105 Å². The number of rotatable bonds is 12. The monoisotopic (exact) mass is 762 g/mol. The zero-order valence-corrected chi connectivity index (χ0v) is 30.1. The Morgan fingerprint density at radius 3 is 2.18 bits per heavy atom. The Bertz CT molecular complexity index is 2010. The van der Waals surface area contributed by atoms with Crippen LogP contribution in [0.5, 0.6) is 5.75 Å². The highest BCUT2D eigenvalue weighted by molar-refractivity contribution is 7.85. The zero-order chi connectivity index (χ0) is 37.6. The van der Waals surface area contributed by atoms with Crippen LogP contribution in [-0.2, 0) is 21.3 Å². The van der Waals surface area contributed by atoms with E-state index in [1.54, 1.807) is 36.4 Å². The molecule has 8 nitrogen and oxygen atoms in total. The summed E-state index contributed by atoms with van der Waals surface area (Å²) in [4.78, 5) is 26.4. The fourth-order valence-corrected chi connectivity index (χ4v) is 5.79. The van der Waals surface area contributed by atoms with Gasteiger partial charge in [0.2, 0.25) is 5.91 Å². The second-order valence-corrected chi connectivity index (χ2v) is 15.1. The summed E-state index contributed by atoms with van der Waals surface area (Å²) in [5.41, 5.74) is 2.71. The van der Waals surface area contributed by atoms with Crippen LogP contribution in [0.25, 0.3) is 17.2 Å². The number of carbonyl (C=O) groups is 2. The highest BCUT2D eigenvalue weighted by Gasteiger charge is 2.33. The van der Waals surface area contributed by atoms with E-state index in [-0.39, 0.29) is 34.7 Å². The lowest BCUT2D eigenvalue weighted by molar-refractivity contribution is -0.274. The van der Waals surface area contributed by atoms with Crippen LogP contribution >= 0.6 is 23.2 Å². The molecule has 0 fully saturated rings. The summed E-state index contributed by atoms with van der Waals surface area (Å²) in [6.45, 7) is 5.87. The first kappa shape index (κ1) is 39.4. The van der Waals surface area contributed by atoms with E-state index in [1.165, 1.54) is 30.3 Å². The molecule has 1 atom stereocenters. The Kier molecular flexibility index (Phi) is 12.6. The fraction of sp³-hybridized carbons (Fsp3) is 0.243. The molecule has 51 heavy (non-hydrogen) atoms. The molecule has 0 aliphatic carbocycles. The first-order chi connectivity index (χ1) is 23.8. The van der Waals surface area contributed by atoms with E-state index in [1.807, 2.05) is 24.3 Å². The molecule has 3 N–H and O–H groups in total. The Hall–Kier alpha value is -4.36. The van der Waals surface area contributed by atoms with Crippen molar-refractivity contribution in [3.8, 4) is 16.9 Å². The van der Waals surface area contributed by atoms with Crippen LogP contribution in [0.1, 0.15) is 53.7 Å². The van der Waals surface area contributed by atoms with Crippen LogP contribution < -0.4 is 15.4 Å². The zero-order valence-electron chi connectivity index (χ0n) is 27.7. The Morgan fingerprint density at radius 2 is 1.59 bits per heavy atom. The van der Waals surface area contributed by atoms with E-state index in [2.05, 4.69) is 36.1 Å². The standard InChI is InChI=1S/C37H35Cl2F3N2O6S/c1-36(2,3)17-16-23-4-8-25(9-5-23)30(20-24-6-10-26(11-7-24)34(45)43-18-19-51(47,48)49)35(46)44-32-15-12-27(21-33(32)50-37(40,41)42)29-14-13-28(38)22-31(29)39/h4-17,21-22,30H,18-20H2,1-3H3,(H,43,45)(H,44,46)(H,47,48,49)/b17-16+. The maximum Gasteiger partial charge on any atom is 0.573 e. The van der Waals surface area contributed by atoms with Crippen molar-refractivity contribution < 1.29 is 40.5 Å². The van der Waals surface area contributed by atoms with Crippen LogP contribution in [0.4, 0.5) is 18.9 Å². The van der Waals surface area contributed by atoms with Crippen LogP contribution in [0, 0.1) is 5.41 Å². The Morgan fingerprint density at radius 1 is 0.922 bits per heavy atom. The highest BCUT2D eigenvalue weighted by Crippen LogP contribution is 2.38. The number of nitrogens with one attached hydrogen (secondary N) is 2. The second-order valence-electron chi connectivity index (χ2n) is 12.7. The smallest absolute Gasteiger partial charge is 0.404 e. The van der Waals surface area contributed by atoms with Gasteiger partial charge >= 0.3 is 6.36 Å². The first-order valence-electron chi connectivity index (χ1n) is 15.5. The van der Waals surface area contributed by atoms with Gasteiger partial charge in [-0.2, -0.15) is 8.42 Å². The third-order valence-electron chi connectivity index (χ3n) is 7.44. The number of hydrogen-bond acceptors (Lipinski definition) is 5. The summed E-state index contributed by atoms with van der Waals surface area (Å²) in [6.07, 6.45) is -0.983. The summed E-state index contributed by atoms with van der Waals surface area (Å²) in [7, 11) is -4.25. The van der Waals surface area contributed by atoms with Gasteiger partial charge in [0, 0.05) is 27.7 Å². The van der Waals surface area contributed by atoms with E-state index in [0.29, 0.717) is 27.3 Å². The number of halogens is 5. The van der Waals surface area contributed by atoms with E-state index < -0.39 is 45.7 Å². The predicted molar refractivity (Wildman–Crippen MR) is 194 cm³/mol. The lowest BCUT2D eigenvalue weighted by atomic mass is 9.89. The Balaban J connectivity index is 1.65. The lowest BCUT2D eigenvalue weighted by Gasteiger charge is -2.20. The Labute approximate surface area is 304 Å². The summed E-state index contributed by atoms with van der Waals surface area (Å²) in [5, 5.41) is 5.57. The quantitative estimate of drug-likeness (QED) is 0.124. The third kappa shape index (κ3) is 12.4. The summed E-state index contributed by atoms with van der Waals surface area (Å²) < 4.78 is 75.8. The minimum absolute atomic E-state index is 0.0642. The number of allylic oxidation sites excluding steroid dienone is 1. The van der Waals surface area contributed by atoms with E-state index in [9.17, 15) is 31.2 Å². The number of ether oxygens (including phenoxy) is 1. The molecule has 0 saturated heterocycles. The fourth-order valence-electron chi connectivity index (χ4n) is 4.92. The van der Waals surface area contributed by atoms with Gasteiger partial charge in [-0.05, 0) is 70.5 Å². The van der Waals surface area contributed by atoms with Gasteiger partial charge in [0.25, 0.3) is 16.0 Å². The van der Waals surface area contributed by atoms with Crippen LogP contribution in [0.2, 0.25) is 10.0 Å². The van der Waals surface area contributed by atoms with Crippen molar-refractivity contribution >= 4 is 56.9 Å². The molecular formula is C37H35Cl2F3N2O6S. The predicted octanol–water partition coefficient (Wildman–Crippen LogP) is 9.20. The van der Waals surface area contributed by atoms with Crippen molar-refractivity contribution in [1.82, 2.24) is 5.32 Å². The van der Waals surface area contributed by atoms with E-state index in [0.717, 1.165) is 11.6 Å². The van der Waals surface area contributed by atoms with Gasteiger partial charge in [-0.3, -0.25) is 14.1 Å². The minimum atomic E-state index is -5.07. The average molecular weight is 764 g/mol. The van der Waals surface area contributed by atoms with Gasteiger partial charge in [0.1, 0.15) is 0 Å². The highest BCUT2D eigenvalue weighted by atomic mass is 35.5. The molecule has 0 bridgehead atoms. The minimum Gasteiger partial charge on any atom is -0.404 e. The number of carbonyl (C=O) groups excluding carboxylic acids is 2.